The third-order valence-corrected chi connectivity index (χ3v) is 6.94. The van der Waals surface area contributed by atoms with Crippen LogP contribution >= 0.6 is 59.1 Å². The van der Waals surface area contributed by atoms with Crippen LogP contribution in [0.2, 0.25) is 0 Å². The first-order valence-electron chi connectivity index (χ1n) is 5.71. The Hall–Kier alpha value is 0.120. The SMILES string of the molecule is NC1CC(c2cc(Br)c(Br)s2)Oc2cc(Br)ccc21. The predicted octanol–water partition coefficient (Wildman–Crippen LogP) is 5.56. The fourth-order valence-electron chi connectivity index (χ4n) is 2.17. The van der Waals surface area contributed by atoms with Crippen molar-refractivity contribution in [3.8, 4) is 5.75 Å². The molecule has 0 saturated carbocycles. The van der Waals surface area contributed by atoms with Gasteiger partial charge in [0.1, 0.15) is 11.9 Å². The molecule has 1 aromatic heterocycles. The molecule has 2 heterocycles. The van der Waals surface area contributed by atoms with E-state index in [4.69, 9.17) is 10.5 Å². The topological polar surface area (TPSA) is 35.2 Å². The zero-order valence-corrected chi connectivity index (χ0v) is 15.3. The van der Waals surface area contributed by atoms with Crippen molar-refractivity contribution in [1.29, 1.82) is 0 Å². The molecule has 0 saturated heterocycles. The van der Waals surface area contributed by atoms with E-state index >= 15 is 0 Å². The Morgan fingerprint density at radius 2 is 2.00 bits per heavy atom. The van der Waals surface area contributed by atoms with Gasteiger partial charge < -0.3 is 10.5 Å². The second-order valence-electron chi connectivity index (χ2n) is 4.40. The number of fused-ring (bicyclic) bond motifs is 1. The molecular formula is C13H10Br3NOS. The van der Waals surface area contributed by atoms with Gasteiger partial charge in [-0.3, -0.25) is 0 Å². The minimum Gasteiger partial charge on any atom is -0.484 e. The Morgan fingerprint density at radius 3 is 2.68 bits per heavy atom. The lowest BCUT2D eigenvalue weighted by Crippen LogP contribution is -2.23. The molecule has 6 heteroatoms. The molecular weight excluding hydrogens is 458 g/mol. The van der Waals surface area contributed by atoms with Crippen LogP contribution in [0.3, 0.4) is 0 Å². The highest BCUT2D eigenvalue weighted by molar-refractivity contribution is 9.13. The van der Waals surface area contributed by atoms with Gasteiger partial charge in [0.2, 0.25) is 0 Å². The van der Waals surface area contributed by atoms with Crippen LogP contribution in [-0.2, 0) is 0 Å². The highest BCUT2D eigenvalue weighted by Gasteiger charge is 2.28. The summed E-state index contributed by atoms with van der Waals surface area (Å²) in [5.41, 5.74) is 7.33. The lowest BCUT2D eigenvalue weighted by atomic mass is 9.97. The molecule has 0 amide bonds. The molecule has 19 heavy (non-hydrogen) atoms. The number of rotatable bonds is 1. The molecule has 0 radical (unpaired) electrons. The zero-order chi connectivity index (χ0) is 13.6. The van der Waals surface area contributed by atoms with E-state index in [9.17, 15) is 0 Å². The van der Waals surface area contributed by atoms with Gasteiger partial charge in [-0.25, -0.2) is 0 Å². The third-order valence-electron chi connectivity index (χ3n) is 3.09. The van der Waals surface area contributed by atoms with Gasteiger partial charge in [0.15, 0.2) is 0 Å². The molecule has 1 aromatic carbocycles. The smallest absolute Gasteiger partial charge is 0.135 e. The zero-order valence-electron chi connectivity index (χ0n) is 9.70. The summed E-state index contributed by atoms with van der Waals surface area (Å²) < 4.78 is 9.25. The van der Waals surface area contributed by atoms with Crippen LogP contribution in [0.1, 0.15) is 29.0 Å². The fourth-order valence-corrected chi connectivity index (χ4v) is 4.64. The van der Waals surface area contributed by atoms with Gasteiger partial charge in [-0.2, -0.15) is 0 Å². The monoisotopic (exact) mass is 465 g/mol. The van der Waals surface area contributed by atoms with Crippen LogP contribution in [0, 0.1) is 0 Å². The maximum Gasteiger partial charge on any atom is 0.135 e. The number of ether oxygens (including phenoxy) is 1. The molecule has 0 aliphatic carbocycles. The lowest BCUT2D eigenvalue weighted by Gasteiger charge is -2.29. The average molecular weight is 468 g/mol. The number of halogens is 3. The van der Waals surface area contributed by atoms with E-state index in [2.05, 4.69) is 53.9 Å². The number of hydrogen-bond donors (Lipinski definition) is 1. The molecule has 3 rings (SSSR count). The van der Waals surface area contributed by atoms with Gasteiger partial charge >= 0.3 is 0 Å². The van der Waals surface area contributed by atoms with E-state index in [1.807, 2.05) is 18.2 Å². The van der Waals surface area contributed by atoms with E-state index < -0.39 is 0 Å². The number of benzene rings is 1. The van der Waals surface area contributed by atoms with Gasteiger partial charge in [0, 0.05) is 31.8 Å². The lowest BCUT2D eigenvalue weighted by molar-refractivity contribution is 0.165. The quantitative estimate of drug-likeness (QED) is 0.596. The van der Waals surface area contributed by atoms with Gasteiger partial charge in [-0.1, -0.05) is 22.0 Å². The van der Waals surface area contributed by atoms with Crippen molar-refractivity contribution in [1.82, 2.24) is 0 Å². The number of nitrogens with two attached hydrogens (primary N) is 1. The van der Waals surface area contributed by atoms with E-state index in [0.29, 0.717) is 0 Å². The van der Waals surface area contributed by atoms with Crippen molar-refractivity contribution < 1.29 is 4.74 Å². The summed E-state index contributed by atoms with van der Waals surface area (Å²) in [5, 5.41) is 0. The van der Waals surface area contributed by atoms with Gasteiger partial charge in [-0.05, 0) is 50.1 Å². The van der Waals surface area contributed by atoms with Crippen LogP contribution in [0.15, 0.2) is 37.0 Å². The van der Waals surface area contributed by atoms with Crippen molar-refractivity contribution in [2.75, 3.05) is 0 Å². The summed E-state index contributed by atoms with van der Waals surface area (Å²) in [7, 11) is 0. The highest BCUT2D eigenvalue weighted by atomic mass is 79.9. The van der Waals surface area contributed by atoms with Crippen LogP contribution < -0.4 is 10.5 Å². The molecule has 2 N–H and O–H groups in total. The molecule has 1 aliphatic heterocycles. The molecule has 0 fully saturated rings. The minimum atomic E-state index is 0.0153. The second kappa shape index (κ2) is 5.48. The van der Waals surface area contributed by atoms with E-state index in [1.165, 1.54) is 4.88 Å². The molecule has 2 aromatic rings. The molecule has 2 nitrogen and oxygen atoms in total. The van der Waals surface area contributed by atoms with Gasteiger partial charge in [0.25, 0.3) is 0 Å². The first kappa shape index (κ1) is 14.1. The van der Waals surface area contributed by atoms with Gasteiger partial charge in [-0.15, -0.1) is 11.3 Å². The van der Waals surface area contributed by atoms with Crippen molar-refractivity contribution >= 4 is 59.1 Å². The summed E-state index contributed by atoms with van der Waals surface area (Å²) in [5.74, 6) is 0.874. The van der Waals surface area contributed by atoms with Crippen molar-refractivity contribution in [2.24, 2.45) is 5.73 Å². The molecule has 0 bridgehead atoms. The summed E-state index contributed by atoms with van der Waals surface area (Å²) in [6, 6.07) is 8.12. The van der Waals surface area contributed by atoms with Crippen LogP contribution in [0.25, 0.3) is 0 Å². The first-order chi connectivity index (χ1) is 9.04. The van der Waals surface area contributed by atoms with Crippen LogP contribution in [0.4, 0.5) is 0 Å². The predicted molar refractivity (Wildman–Crippen MR) is 88.8 cm³/mol. The first-order valence-corrected chi connectivity index (χ1v) is 8.90. The summed E-state index contributed by atoms with van der Waals surface area (Å²) in [4.78, 5) is 1.18. The Morgan fingerprint density at radius 1 is 1.21 bits per heavy atom. The summed E-state index contributed by atoms with van der Waals surface area (Å²) >= 11 is 12.2. The maximum absolute atomic E-state index is 6.25. The fraction of sp³-hybridized carbons (Fsp3) is 0.231. The standard InChI is InChI=1S/C13H10Br3NOS/c14-6-1-2-7-9(17)5-11(18-10(7)3-6)12-4-8(15)13(16)19-12/h1-4,9,11H,5,17H2. The molecule has 2 atom stereocenters. The minimum absolute atomic E-state index is 0.0153. The summed E-state index contributed by atoms with van der Waals surface area (Å²) in [6.07, 6.45) is 0.818. The number of hydrogen-bond acceptors (Lipinski definition) is 3. The molecule has 2 unspecified atom stereocenters. The Balaban J connectivity index is 1.96. The Labute approximate surface area is 140 Å². The number of thiophene rings is 1. The van der Waals surface area contributed by atoms with Crippen LogP contribution in [0.5, 0.6) is 5.75 Å². The largest absolute Gasteiger partial charge is 0.484 e. The third kappa shape index (κ3) is 2.78. The Kier molecular flexibility index (Phi) is 4.06. The normalized spacial score (nSPS) is 21.9. The molecule has 1 aliphatic rings. The molecule has 0 spiro atoms. The van der Waals surface area contributed by atoms with Crippen molar-refractivity contribution in [2.45, 2.75) is 18.6 Å². The molecule has 100 valence electrons. The van der Waals surface area contributed by atoms with E-state index in [1.54, 1.807) is 11.3 Å². The van der Waals surface area contributed by atoms with Gasteiger partial charge in [0.05, 0.1) is 3.79 Å². The van der Waals surface area contributed by atoms with Crippen molar-refractivity contribution in [3.63, 3.8) is 0 Å². The van der Waals surface area contributed by atoms with Crippen molar-refractivity contribution in [3.05, 3.63) is 47.4 Å². The summed E-state index contributed by atoms with van der Waals surface area (Å²) in [6.45, 7) is 0. The average Bonchev–Trinajstić information content (AvgIpc) is 2.69. The van der Waals surface area contributed by atoms with Crippen LogP contribution in [-0.4, -0.2) is 0 Å². The second-order valence-corrected chi connectivity index (χ2v) is 8.57. The van der Waals surface area contributed by atoms with E-state index in [-0.39, 0.29) is 12.1 Å². The Bertz CT molecular complexity index is 609. The highest BCUT2D eigenvalue weighted by Crippen LogP contribution is 2.44. The van der Waals surface area contributed by atoms with E-state index in [0.717, 1.165) is 30.5 Å². The maximum atomic E-state index is 6.25.